The van der Waals surface area contributed by atoms with Gasteiger partial charge < -0.3 is 5.32 Å². The Morgan fingerprint density at radius 1 is 1.22 bits per heavy atom. The molecule has 0 spiro atoms. The van der Waals surface area contributed by atoms with Crippen LogP contribution in [0.2, 0.25) is 0 Å². The van der Waals surface area contributed by atoms with Crippen molar-refractivity contribution in [3.05, 3.63) is 57.0 Å². The Bertz CT molecular complexity index is 587. The van der Waals surface area contributed by atoms with Crippen LogP contribution < -0.4 is 5.32 Å². The highest BCUT2D eigenvalue weighted by Gasteiger charge is 2.08. The second-order valence-corrected chi connectivity index (χ2v) is 5.12. The van der Waals surface area contributed by atoms with Crippen LogP contribution in [0.5, 0.6) is 0 Å². The number of pyridine rings is 1. The van der Waals surface area contributed by atoms with Crippen LogP contribution in [0.15, 0.2) is 45.6 Å². The second kappa shape index (κ2) is 5.58. The third-order valence-corrected chi connectivity index (χ3v) is 3.28. The van der Waals surface area contributed by atoms with Gasteiger partial charge in [0, 0.05) is 11.9 Å². The van der Waals surface area contributed by atoms with Gasteiger partial charge in [0.25, 0.3) is 5.91 Å². The molecule has 1 N–H and O–H groups in total. The summed E-state index contributed by atoms with van der Waals surface area (Å²) in [5, 5.41) is 2.59. The van der Waals surface area contributed by atoms with Gasteiger partial charge in [0.05, 0.1) is 10.0 Å². The summed E-state index contributed by atoms with van der Waals surface area (Å²) in [6.07, 6.45) is 1.44. The number of nitrogens with one attached hydrogen (secondary N) is 1. The molecule has 1 aromatic carbocycles. The molecule has 1 aromatic heterocycles. The summed E-state index contributed by atoms with van der Waals surface area (Å²) in [6, 6.07) is 7.68. The van der Waals surface area contributed by atoms with E-state index in [2.05, 4.69) is 42.2 Å². The minimum Gasteiger partial charge on any atom is -0.322 e. The fourth-order valence-electron chi connectivity index (χ4n) is 1.29. The predicted molar refractivity (Wildman–Crippen MR) is 74.0 cm³/mol. The lowest BCUT2D eigenvalue weighted by Gasteiger charge is -2.05. The number of aromatic nitrogens is 1. The van der Waals surface area contributed by atoms with E-state index >= 15 is 0 Å². The molecular weight excluding hydrogens is 367 g/mol. The molecule has 3 nitrogen and oxygen atoms in total. The first-order valence-electron chi connectivity index (χ1n) is 4.94. The Kier molecular flexibility index (Phi) is 4.08. The van der Waals surface area contributed by atoms with Gasteiger partial charge in [-0.05, 0) is 62.2 Å². The van der Waals surface area contributed by atoms with E-state index < -0.39 is 5.82 Å². The molecule has 1 heterocycles. The van der Waals surface area contributed by atoms with Crippen molar-refractivity contribution in [2.24, 2.45) is 0 Å². The maximum Gasteiger partial charge on any atom is 0.257 e. The second-order valence-electron chi connectivity index (χ2n) is 3.45. The summed E-state index contributed by atoms with van der Waals surface area (Å²) in [5.74, 6) is -0.765. The Hall–Kier alpha value is -1.27. The number of carbonyl (C=O) groups excluding carboxylic acids is 1. The van der Waals surface area contributed by atoms with Crippen LogP contribution in [0, 0.1) is 5.82 Å². The number of nitrogens with zero attached hydrogens (tertiary/aromatic N) is 1. The van der Waals surface area contributed by atoms with Gasteiger partial charge in [0.2, 0.25) is 0 Å². The van der Waals surface area contributed by atoms with Gasteiger partial charge in [0.15, 0.2) is 0 Å². The van der Waals surface area contributed by atoms with E-state index in [0.717, 1.165) is 0 Å². The molecule has 18 heavy (non-hydrogen) atoms. The van der Waals surface area contributed by atoms with E-state index in [1.165, 1.54) is 18.3 Å². The standard InChI is InChI=1S/C12H7Br2FN2O/c13-9-3-2-8(5-10(9)15)17-12(18)7-1-4-11(14)16-6-7/h1-6H,(H,17,18). The molecule has 0 atom stereocenters. The largest absolute Gasteiger partial charge is 0.322 e. The highest BCUT2D eigenvalue weighted by atomic mass is 79.9. The van der Waals surface area contributed by atoms with Crippen LogP contribution in [0.4, 0.5) is 10.1 Å². The number of benzene rings is 1. The first-order valence-corrected chi connectivity index (χ1v) is 6.53. The van der Waals surface area contributed by atoms with Crippen molar-refractivity contribution in [2.45, 2.75) is 0 Å². The van der Waals surface area contributed by atoms with E-state index in [1.807, 2.05) is 0 Å². The molecule has 0 radical (unpaired) electrons. The number of hydrogen-bond donors (Lipinski definition) is 1. The summed E-state index contributed by atoms with van der Waals surface area (Å²) in [4.78, 5) is 15.8. The van der Waals surface area contributed by atoms with Crippen molar-refractivity contribution < 1.29 is 9.18 Å². The molecule has 2 aromatic rings. The van der Waals surface area contributed by atoms with Gasteiger partial charge in [0.1, 0.15) is 10.4 Å². The molecule has 6 heteroatoms. The van der Waals surface area contributed by atoms with Gasteiger partial charge in [-0.3, -0.25) is 4.79 Å². The molecule has 0 saturated carbocycles. The van der Waals surface area contributed by atoms with E-state index in [4.69, 9.17) is 0 Å². The molecule has 1 amide bonds. The molecule has 0 bridgehead atoms. The van der Waals surface area contributed by atoms with Crippen LogP contribution >= 0.6 is 31.9 Å². The topological polar surface area (TPSA) is 42.0 Å². The maximum absolute atomic E-state index is 13.3. The fourth-order valence-corrected chi connectivity index (χ4v) is 1.77. The van der Waals surface area contributed by atoms with Gasteiger partial charge in [-0.15, -0.1) is 0 Å². The molecule has 2 rings (SSSR count). The average molecular weight is 374 g/mol. The minimum atomic E-state index is -0.429. The van der Waals surface area contributed by atoms with Gasteiger partial charge in [-0.2, -0.15) is 0 Å². The molecule has 0 fully saturated rings. The van der Waals surface area contributed by atoms with Crippen molar-refractivity contribution in [3.63, 3.8) is 0 Å². The highest BCUT2D eigenvalue weighted by molar-refractivity contribution is 9.10. The molecule has 0 aliphatic rings. The monoisotopic (exact) mass is 372 g/mol. The fraction of sp³-hybridized carbons (Fsp3) is 0. The number of hydrogen-bond acceptors (Lipinski definition) is 2. The molecular formula is C12H7Br2FN2O. The first kappa shape index (κ1) is 13.2. The van der Waals surface area contributed by atoms with Gasteiger partial charge in [-0.25, -0.2) is 9.37 Å². The van der Waals surface area contributed by atoms with Crippen LogP contribution in [0.3, 0.4) is 0 Å². The molecule has 0 saturated heterocycles. The quantitative estimate of drug-likeness (QED) is 0.808. The summed E-state index contributed by atoms with van der Waals surface area (Å²) in [6.45, 7) is 0. The third-order valence-electron chi connectivity index (χ3n) is 2.17. The summed E-state index contributed by atoms with van der Waals surface area (Å²) >= 11 is 6.23. The molecule has 0 aliphatic heterocycles. The van der Waals surface area contributed by atoms with Crippen molar-refractivity contribution in [1.29, 1.82) is 0 Å². The summed E-state index contributed by atoms with van der Waals surface area (Å²) in [7, 11) is 0. The van der Waals surface area contributed by atoms with E-state index in [1.54, 1.807) is 18.2 Å². The first-order chi connectivity index (χ1) is 8.56. The normalized spacial score (nSPS) is 10.2. The Labute approximate surface area is 120 Å². The number of halogens is 3. The summed E-state index contributed by atoms with van der Waals surface area (Å²) in [5.41, 5.74) is 0.796. The van der Waals surface area contributed by atoms with Crippen molar-refractivity contribution >= 4 is 43.5 Å². The van der Waals surface area contributed by atoms with Crippen molar-refractivity contribution in [1.82, 2.24) is 4.98 Å². The van der Waals surface area contributed by atoms with Crippen molar-refractivity contribution in [3.8, 4) is 0 Å². The van der Waals surface area contributed by atoms with Gasteiger partial charge in [-0.1, -0.05) is 0 Å². The predicted octanol–water partition coefficient (Wildman–Crippen LogP) is 4.00. The highest BCUT2D eigenvalue weighted by Crippen LogP contribution is 2.19. The summed E-state index contributed by atoms with van der Waals surface area (Å²) < 4.78 is 14.3. The number of amides is 1. The Morgan fingerprint density at radius 2 is 2.00 bits per heavy atom. The number of carbonyl (C=O) groups is 1. The Balaban J connectivity index is 2.16. The minimum absolute atomic E-state index is 0.336. The van der Waals surface area contributed by atoms with Gasteiger partial charge >= 0.3 is 0 Å². The number of rotatable bonds is 2. The van der Waals surface area contributed by atoms with Crippen LogP contribution in [0.1, 0.15) is 10.4 Å². The van der Waals surface area contributed by atoms with Crippen molar-refractivity contribution in [2.75, 3.05) is 5.32 Å². The van der Waals surface area contributed by atoms with Crippen LogP contribution in [0.25, 0.3) is 0 Å². The third kappa shape index (κ3) is 3.14. The van der Waals surface area contributed by atoms with E-state index in [0.29, 0.717) is 20.3 Å². The molecule has 0 unspecified atom stereocenters. The SMILES string of the molecule is O=C(Nc1ccc(Br)c(F)c1)c1ccc(Br)nc1. The van der Waals surface area contributed by atoms with E-state index in [9.17, 15) is 9.18 Å². The zero-order chi connectivity index (χ0) is 13.1. The van der Waals surface area contributed by atoms with Crippen LogP contribution in [-0.4, -0.2) is 10.9 Å². The lowest BCUT2D eigenvalue weighted by Crippen LogP contribution is -2.12. The van der Waals surface area contributed by atoms with E-state index in [-0.39, 0.29) is 5.91 Å². The molecule has 0 aliphatic carbocycles. The maximum atomic E-state index is 13.3. The zero-order valence-electron chi connectivity index (χ0n) is 8.95. The lowest BCUT2D eigenvalue weighted by molar-refractivity contribution is 0.102. The number of anilines is 1. The zero-order valence-corrected chi connectivity index (χ0v) is 12.1. The van der Waals surface area contributed by atoms with Crippen LogP contribution in [-0.2, 0) is 0 Å². The lowest BCUT2D eigenvalue weighted by atomic mass is 10.2. The Morgan fingerprint density at radius 3 is 2.61 bits per heavy atom. The smallest absolute Gasteiger partial charge is 0.257 e. The molecule has 92 valence electrons. The average Bonchev–Trinajstić information content (AvgIpc) is 2.34.